The highest BCUT2D eigenvalue weighted by Gasteiger charge is 2.47. The van der Waals surface area contributed by atoms with Gasteiger partial charge < -0.3 is 0 Å². The molecule has 84 valence electrons. The van der Waals surface area contributed by atoms with Gasteiger partial charge in [-0.2, -0.15) is 21.6 Å². The number of benzene rings is 1. The molecule has 0 aliphatic rings. The predicted molar refractivity (Wildman–Crippen MR) is 46.2 cm³/mol. The van der Waals surface area contributed by atoms with Crippen LogP contribution in [0.4, 0.5) is 13.2 Å². The fourth-order valence-corrected chi connectivity index (χ4v) is 1.21. The Kier molecular flexibility index (Phi) is 3.35. The maximum atomic E-state index is 11.8. The van der Waals surface area contributed by atoms with Crippen LogP contribution in [0, 0.1) is 0 Å². The van der Waals surface area contributed by atoms with Crippen LogP contribution in [0.15, 0.2) is 30.3 Å². The van der Waals surface area contributed by atoms with Crippen molar-refractivity contribution in [1.29, 1.82) is 0 Å². The van der Waals surface area contributed by atoms with Crippen LogP contribution in [0.2, 0.25) is 0 Å². The lowest BCUT2D eigenvalue weighted by Crippen LogP contribution is -2.25. The molecule has 1 aromatic carbocycles. The Balaban J connectivity index is 2.67. The number of hydrogen-bond donors (Lipinski definition) is 0. The van der Waals surface area contributed by atoms with E-state index in [1.54, 1.807) is 18.2 Å². The summed E-state index contributed by atoms with van der Waals surface area (Å²) in [4.78, 5) is 0. The lowest BCUT2D eigenvalue weighted by molar-refractivity contribution is -0.0547. The van der Waals surface area contributed by atoms with Gasteiger partial charge in [0.25, 0.3) is 0 Å². The highest BCUT2D eigenvalue weighted by molar-refractivity contribution is 7.87. The molecule has 0 fully saturated rings. The monoisotopic (exact) mass is 240 g/mol. The normalized spacial score (nSPS) is 12.7. The van der Waals surface area contributed by atoms with Crippen LogP contribution in [-0.4, -0.2) is 13.9 Å². The van der Waals surface area contributed by atoms with E-state index in [0.29, 0.717) is 5.56 Å². The van der Waals surface area contributed by atoms with Crippen LogP contribution in [0.1, 0.15) is 5.56 Å². The zero-order chi connectivity index (χ0) is 11.5. The first kappa shape index (κ1) is 12.0. The molecular weight excluding hydrogens is 233 g/mol. The lowest BCUT2D eigenvalue weighted by Gasteiger charge is -2.07. The minimum atomic E-state index is -5.50. The van der Waals surface area contributed by atoms with Gasteiger partial charge in [0, 0.05) is 0 Å². The first-order valence-corrected chi connectivity index (χ1v) is 5.23. The second kappa shape index (κ2) is 4.19. The first-order chi connectivity index (χ1) is 6.83. The Morgan fingerprint density at radius 1 is 1.13 bits per heavy atom. The average molecular weight is 240 g/mol. The second-order valence-electron chi connectivity index (χ2n) is 2.65. The molecule has 0 radical (unpaired) electrons. The minimum absolute atomic E-state index is 0.352. The molecule has 0 saturated heterocycles. The van der Waals surface area contributed by atoms with E-state index in [1.807, 2.05) is 0 Å². The molecule has 1 rings (SSSR count). The van der Waals surface area contributed by atoms with Gasteiger partial charge >= 0.3 is 15.6 Å². The number of alkyl halides is 3. The number of hydrogen-bond acceptors (Lipinski definition) is 3. The predicted octanol–water partition coefficient (Wildman–Crippen LogP) is 2.05. The van der Waals surface area contributed by atoms with Crippen LogP contribution >= 0.6 is 0 Å². The largest absolute Gasteiger partial charge is 0.523 e. The van der Waals surface area contributed by atoms with Crippen LogP contribution < -0.4 is 0 Å². The molecule has 7 heteroatoms. The van der Waals surface area contributed by atoms with E-state index in [0.717, 1.165) is 0 Å². The third-order valence-corrected chi connectivity index (χ3v) is 2.50. The second-order valence-corrected chi connectivity index (χ2v) is 4.25. The average Bonchev–Trinajstić information content (AvgIpc) is 2.15. The number of halogens is 3. The molecule has 0 saturated carbocycles. The van der Waals surface area contributed by atoms with Crippen molar-refractivity contribution in [2.24, 2.45) is 0 Å². The summed E-state index contributed by atoms with van der Waals surface area (Å²) >= 11 is 0. The fourth-order valence-electron chi connectivity index (χ4n) is 0.787. The van der Waals surface area contributed by atoms with Gasteiger partial charge in [-0.15, -0.1) is 0 Å². The summed E-state index contributed by atoms with van der Waals surface area (Å²) in [6.07, 6.45) is 0. The molecule has 0 spiro atoms. The third kappa shape index (κ3) is 3.21. The molecule has 0 unspecified atom stereocenters. The molecular formula is C8H7F3O3S. The molecule has 15 heavy (non-hydrogen) atoms. The summed E-state index contributed by atoms with van der Waals surface area (Å²) in [5.74, 6) is 0. The van der Waals surface area contributed by atoms with Gasteiger partial charge in [0.2, 0.25) is 0 Å². The summed E-state index contributed by atoms with van der Waals surface area (Å²) in [6.45, 7) is -0.622. The fraction of sp³-hybridized carbons (Fsp3) is 0.250. The summed E-state index contributed by atoms with van der Waals surface area (Å²) in [5, 5.41) is 0. The summed E-state index contributed by atoms with van der Waals surface area (Å²) in [6, 6.07) is 7.72. The van der Waals surface area contributed by atoms with Gasteiger partial charge in [0.1, 0.15) is 0 Å². The minimum Gasteiger partial charge on any atom is -0.258 e. The summed E-state index contributed by atoms with van der Waals surface area (Å²) < 4.78 is 60.3. The quantitative estimate of drug-likeness (QED) is 0.600. The van der Waals surface area contributed by atoms with Crippen LogP contribution in [0.3, 0.4) is 0 Å². The van der Waals surface area contributed by atoms with Crippen molar-refractivity contribution in [2.75, 3.05) is 0 Å². The molecule has 0 aliphatic carbocycles. The zero-order valence-electron chi connectivity index (χ0n) is 7.36. The number of rotatable bonds is 3. The van der Waals surface area contributed by atoms with Gasteiger partial charge in [0.15, 0.2) is 0 Å². The molecule has 0 aliphatic heterocycles. The van der Waals surface area contributed by atoms with Crippen molar-refractivity contribution in [3.63, 3.8) is 0 Å². The van der Waals surface area contributed by atoms with Crippen molar-refractivity contribution >= 4 is 10.1 Å². The van der Waals surface area contributed by atoms with E-state index in [4.69, 9.17) is 0 Å². The Morgan fingerprint density at radius 3 is 2.13 bits per heavy atom. The first-order valence-electron chi connectivity index (χ1n) is 3.82. The van der Waals surface area contributed by atoms with Gasteiger partial charge in [0.05, 0.1) is 6.61 Å². The summed E-state index contributed by atoms with van der Waals surface area (Å²) in [7, 11) is -5.50. The standard InChI is InChI=1S/C8H7F3O3S/c9-8(10,11)15(12,13)14-6-7-4-2-1-3-5-7/h1-5H,6H2. The maximum Gasteiger partial charge on any atom is 0.523 e. The van der Waals surface area contributed by atoms with E-state index < -0.39 is 22.2 Å². The van der Waals surface area contributed by atoms with Gasteiger partial charge in [-0.3, -0.25) is 4.18 Å². The van der Waals surface area contributed by atoms with Crippen molar-refractivity contribution in [3.8, 4) is 0 Å². The summed E-state index contributed by atoms with van der Waals surface area (Å²) in [5.41, 5.74) is -5.02. The molecule has 3 nitrogen and oxygen atoms in total. The van der Waals surface area contributed by atoms with Crippen LogP contribution in [0.25, 0.3) is 0 Å². The van der Waals surface area contributed by atoms with Crippen molar-refractivity contribution in [3.05, 3.63) is 35.9 Å². The molecule has 0 aromatic heterocycles. The topological polar surface area (TPSA) is 43.4 Å². The Hall–Kier alpha value is -1.08. The van der Waals surface area contributed by atoms with E-state index in [-0.39, 0.29) is 0 Å². The highest BCUT2D eigenvalue weighted by Crippen LogP contribution is 2.25. The van der Waals surface area contributed by atoms with Crippen molar-refractivity contribution < 1.29 is 25.8 Å². The molecule has 0 amide bonds. The Bertz CT molecular complexity index is 411. The van der Waals surface area contributed by atoms with Gasteiger partial charge in [-0.05, 0) is 5.56 Å². The Labute approximate surface area is 84.6 Å². The lowest BCUT2D eigenvalue weighted by atomic mass is 10.2. The zero-order valence-corrected chi connectivity index (χ0v) is 8.18. The van der Waals surface area contributed by atoms with Gasteiger partial charge in [-0.25, -0.2) is 0 Å². The Morgan fingerprint density at radius 2 is 1.67 bits per heavy atom. The SMILES string of the molecule is O=S(=O)(OCc1ccccc1)C(F)(F)F. The van der Waals surface area contributed by atoms with E-state index in [1.165, 1.54) is 12.1 Å². The van der Waals surface area contributed by atoms with Gasteiger partial charge in [-0.1, -0.05) is 30.3 Å². The van der Waals surface area contributed by atoms with Crippen molar-refractivity contribution in [2.45, 2.75) is 12.1 Å². The van der Waals surface area contributed by atoms with Crippen LogP contribution in [-0.2, 0) is 20.9 Å². The maximum absolute atomic E-state index is 11.8. The smallest absolute Gasteiger partial charge is 0.258 e. The van der Waals surface area contributed by atoms with Crippen LogP contribution in [0.5, 0.6) is 0 Å². The molecule has 1 aromatic rings. The van der Waals surface area contributed by atoms with E-state index in [2.05, 4.69) is 4.18 Å². The molecule has 0 N–H and O–H groups in total. The van der Waals surface area contributed by atoms with E-state index in [9.17, 15) is 21.6 Å². The molecule has 0 heterocycles. The third-order valence-electron chi connectivity index (χ3n) is 1.51. The highest BCUT2D eigenvalue weighted by atomic mass is 32.2. The van der Waals surface area contributed by atoms with E-state index >= 15 is 0 Å². The molecule has 0 atom stereocenters. The molecule has 0 bridgehead atoms. The van der Waals surface area contributed by atoms with Crippen molar-refractivity contribution in [1.82, 2.24) is 0 Å².